The third-order valence-electron chi connectivity index (χ3n) is 1.86. The number of amides is 1. The molecular formula is C10H21NO3S. The van der Waals surface area contributed by atoms with E-state index in [1.165, 1.54) is 6.26 Å². The number of nitrogens with one attached hydrogen (secondary N) is 1. The topological polar surface area (TPSA) is 63.2 Å². The predicted molar refractivity (Wildman–Crippen MR) is 61.5 cm³/mol. The van der Waals surface area contributed by atoms with Crippen molar-refractivity contribution < 1.29 is 13.2 Å². The summed E-state index contributed by atoms with van der Waals surface area (Å²) in [5.74, 6) is -0.108. The lowest BCUT2D eigenvalue weighted by Gasteiger charge is -2.25. The predicted octanol–water partition coefficient (Wildman–Crippen LogP) is 1.12. The van der Waals surface area contributed by atoms with Crippen molar-refractivity contribution in [2.75, 3.05) is 12.0 Å². The zero-order valence-corrected chi connectivity index (χ0v) is 10.8. The van der Waals surface area contributed by atoms with Crippen LogP contribution in [0.25, 0.3) is 0 Å². The van der Waals surface area contributed by atoms with Crippen LogP contribution in [-0.4, -0.2) is 31.9 Å². The number of rotatable bonds is 6. The Kier molecular flexibility index (Phi) is 5.28. The van der Waals surface area contributed by atoms with Crippen LogP contribution in [0.3, 0.4) is 0 Å². The van der Waals surface area contributed by atoms with Crippen molar-refractivity contribution in [1.82, 2.24) is 5.32 Å². The van der Waals surface area contributed by atoms with Crippen molar-refractivity contribution in [2.24, 2.45) is 0 Å². The van der Waals surface area contributed by atoms with Crippen LogP contribution in [0, 0.1) is 0 Å². The Balaban J connectivity index is 4.19. The molecule has 1 N–H and O–H groups in total. The zero-order chi connectivity index (χ0) is 12.1. The number of carbonyl (C=O) groups is 1. The van der Waals surface area contributed by atoms with E-state index in [0.29, 0.717) is 6.42 Å². The first kappa shape index (κ1) is 14.4. The number of unbranched alkanes of at least 4 members (excludes halogenated alkanes) is 1. The van der Waals surface area contributed by atoms with E-state index in [4.69, 9.17) is 0 Å². The molecule has 0 fully saturated rings. The Morgan fingerprint density at radius 1 is 1.33 bits per heavy atom. The van der Waals surface area contributed by atoms with E-state index in [0.717, 1.165) is 12.8 Å². The van der Waals surface area contributed by atoms with E-state index in [2.05, 4.69) is 5.32 Å². The average Bonchev–Trinajstić information content (AvgIpc) is 1.94. The highest BCUT2D eigenvalue weighted by molar-refractivity contribution is 7.90. The normalized spacial score (nSPS) is 12.5. The first-order valence-electron chi connectivity index (χ1n) is 5.15. The lowest BCUT2D eigenvalue weighted by Crippen LogP contribution is -2.48. The van der Waals surface area contributed by atoms with Crippen molar-refractivity contribution in [3.8, 4) is 0 Å². The molecule has 0 aromatic carbocycles. The fourth-order valence-corrected chi connectivity index (χ4v) is 2.85. The molecule has 4 nitrogen and oxygen atoms in total. The van der Waals surface area contributed by atoms with Crippen molar-refractivity contribution in [2.45, 2.75) is 45.6 Å². The number of carbonyl (C=O) groups excluding carboxylic acids is 1. The summed E-state index contributed by atoms with van der Waals surface area (Å²) < 4.78 is 22.2. The third kappa shape index (κ3) is 8.42. The molecule has 1 amide bonds. The minimum atomic E-state index is -3.06. The van der Waals surface area contributed by atoms with Crippen LogP contribution in [0.5, 0.6) is 0 Å². The fourth-order valence-electron chi connectivity index (χ4n) is 1.47. The second-order valence-electron chi connectivity index (χ2n) is 4.61. The first-order chi connectivity index (χ1) is 6.66. The maximum atomic E-state index is 11.4. The summed E-state index contributed by atoms with van der Waals surface area (Å²) >= 11 is 0. The SMILES string of the molecule is CCCCC(=O)NC(C)(C)CS(C)(=O)=O. The quantitative estimate of drug-likeness (QED) is 0.750. The standard InChI is InChI=1S/C10H21NO3S/c1-5-6-7-9(12)11-10(2,3)8-15(4,13)14/h5-8H2,1-4H3,(H,11,12). The highest BCUT2D eigenvalue weighted by atomic mass is 32.2. The molecule has 0 heterocycles. The average molecular weight is 235 g/mol. The summed E-state index contributed by atoms with van der Waals surface area (Å²) in [6, 6.07) is 0. The van der Waals surface area contributed by atoms with Crippen molar-refractivity contribution in [3.05, 3.63) is 0 Å². The second-order valence-corrected chi connectivity index (χ2v) is 6.75. The third-order valence-corrected chi connectivity index (χ3v) is 3.10. The Morgan fingerprint density at radius 2 is 1.87 bits per heavy atom. The van der Waals surface area contributed by atoms with Crippen molar-refractivity contribution >= 4 is 15.7 Å². The van der Waals surface area contributed by atoms with Crippen LogP contribution in [0.1, 0.15) is 40.0 Å². The van der Waals surface area contributed by atoms with Crippen LogP contribution in [0.2, 0.25) is 0 Å². The van der Waals surface area contributed by atoms with Gasteiger partial charge in [-0.15, -0.1) is 0 Å². The molecule has 0 aliphatic rings. The zero-order valence-electron chi connectivity index (χ0n) is 9.96. The van der Waals surface area contributed by atoms with Gasteiger partial charge in [0.2, 0.25) is 5.91 Å². The van der Waals surface area contributed by atoms with Gasteiger partial charge >= 0.3 is 0 Å². The van der Waals surface area contributed by atoms with Gasteiger partial charge in [-0.3, -0.25) is 4.79 Å². The minimum absolute atomic E-state index is 0.0299. The monoisotopic (exact) mass is 235 g/mol. The van der Waals surface area contributed by atoms with E-state index >= 15 is 0 Å². The van der Waals surface area contributed by atoms with E-state index < -0.39 is 15.4 Å². The maximum absolute atomic E-state index is 11.4. The molecule has 0 radical (unpaired) electrons. The molecule has 0 atom stereocenters. The molecule has 0 bridgehead atoms. The molecule has 90 valence electrons. The van der Waals surface area contributed by atoms with Gasteiger partial charge < -0.3 is 5.32 Å². The fraction of sp³-hybridized carbons (Fsp3) is 0.900. The molecule has 0 unspecified atom stereocenters. The largest absolute Gasteiger partial charge is 0.350 e. The second kappa shape index (κ2) is 5.49. The van der Waals surface area contributed by atoms with Gasteiger partial charge in [-0.25, -0.2) is 8.42 Å². The Morgan fingerprint density at radius 3 is 2.27 bits per heavy atom. The molecule has 0 rings (SSSR count). The summed E-state index contributed by atoms with van der Waals surface area (Å²) in [6.07, 6.45) is 3.43. The number of sulfone groups is 1. The van der Waals surface area contributed by atoms with E-state index in [1.54, 1.807) is 13.8 Å². The van der Waals surface area contributed by atoms with Gasteiger partial charge in [0.1, 0.15) is 9.84 Å². The highest BCUT2D eigenvalue weighted by Gasteiger charge is 2.24. The van der Waals surface area contributed by atoms with E-state index in [9.17, 15) is 13.2 Å². The summed E-state index contributed by atoms with van der Waals surface area (Å²) in [6.45, 7) is 5.45. The summed E-state index contributed by atoms with van der Waals surface area (Å²) in [7, 11) is -3.06. The molecular weight excluding hydrogens is 214 g/mol. The summed E-state index contributed by atoms with van der Waals surface area (Å²) in [4.78, 5) is 11.4. The molecule has 0 saturated heterocycles. The van der Waals surface area contributed by atoms with E-state index in [-0.39, 0.29) is 11.7 Å². The van der Waals surface area contributed by atoms with Crippen LogP contribution >= 0.6 is 0 Å². The lowest BCUT2D eigenvalue weighted by atomic mass is 10.1. The van der Waals surface area contributed by atoms with Crippen LogP contribution in [-0.2, 0) is 14.6 Å². The van der Waals surface area contributed by atoms with Gasteiger partial charge in [-0.05, 0) is 20.3 Å². The van der Waals surface area contributed by atoms with Gasteiger partial charge in [-0.2, -0.15) is 0 Å². The van der Waals surface area contributed by atoms with Gasteiger partial charge in [0.25, 0.3) is 0 Å². The molecule has 0 aliphatic carbocycles. The molecule has 0 aliphatic heterocycles. The number of hydrogen-bond acceptors (Lipinski definition) is 3. The van der Waals surface area contributed by atoms with Crippen molar-refractivity contribution in [1.29, 1.82) is 0 Å². The van der Waals surface area contributed by atoms with Crippen molar-refractivity contribution in [3.63, 3.8) is 0 Å². The summed E-state index contributed by atoms with van der Waals surface area (Å²) in [5, 5.41) is 2.73. The molecule has 0 aromatic heterocycles. The molecule has 0 spiro atoms. The molecule has 15 heavy (non-hydrogen) atoms. The van der Waals surface area contributed by atoms with Gasteiger partial charge in [-0.1, -0.05) is 13.3 Å². The molecule has 0 aromatic rings. The Bertz CT molecular complexity index is 307. The smallest absolute Gasteiger partial charge is 0.220 e. The summed E-state index contributed by atoms with van der Waals surface area (Å²) in [5.41, 5.74) is -0.682. The Hall–Kier alpha value is -0.580. The van der Waals surface area contributed by atoms with Crippen LogP contribution in [0.4, 0.5) is 0 Å². The molecule has 5 heteroatoms. The van der Waals surface area contributed by atoms with E-state index in [1.807, 2.05) is 6.92 Å². The highest BCUT2D eigenvalue weighted by Crippen LogP contribution is 2.07. The lowest BCUT2D eigenvalue weighted by molar-refractivity contribution is -0.122. The van der Waals surface area contributed by atoms with Gasteiger partial charge in [0.15, 0.2) is 0 Å². The van der Waals surface area contributed by atoms with Crippen LogP contribution < -0.4 is 5.32 Å². The minimum Gasteiger partial charge on any atom is -0.350 e. The molecule has 0 saturated carbocycles. The number of hydrogen-bond donors (Lipinski definition) is 1. The Labute approximate surface area is 92.4 Å². The van der Waals surface area contributed by atoms with Gasteiger partial charge in [0.05, 0.1) is 5.75 Å². The first-order valence-corrected chi connectivity index (χ1v) is 7.21. The van der Waals surface area contributed by atoms with Gasteiger partial charge in [0, 0.05) is 18.2 Å². The maximum Gasteiger partial charge on any atom is 0.220 e. The van der Waals surface area contributed by atoms with Crippen LogP contribution in [0.15, 0.2) is 0 Å².